The number of hydrogen-bond acceptors (Lipinski definition) is 3. The predicted octanol–water partition coefficient (Wildman–Crippen LogP) is 3.72. The summed E-state index contributed by atoms with van der Waals surface area (Å²) in [6.45, 7) is 6.49. The highest BCUT2D eigenvalue weighted by Crippen LogP contribution is 2.34. The molecule has 1 amide bonds. The van der Waals surface area contributed by atoms with Crippen LogP contribution in [0.2, 0.25) is 0 Å². The Morgan fingerprint density at radius 3 is 2.43 bits per heavy atom. The van der Waals surface area contributed by atoms with Crippen LogP contribution < -0.4 is 0 Å². The summed E-state index contributed by atoms with van der Waals surface area (Å²) in [4.78, 5) is 14.4. The molecule has 1 heterocycles. The lowest BCUT2D eigenvalue weighted by atomic mass is 9.84. The van der Waals surface area contributed by atoms with Gasteiger partial charge in [0.1, 0.15) is 5.60 Å². The van der Waals surface area contributed by atoms with E-state index >= 15 is 0 Å². The van der Waals surface area contributed by atoms with Crippen molar-refractivity contribution < 1.29 is 14.6 Å². The maximum Gasteiger partial charge on any atom is 0.410 e. The van der Waals surface area contributed by atoms with E-state index in [0.29, 0.717) is 0 Å². The van der Waals surface area contributed by atoms with E-state index in [0.717, 1.165) is 45.1 Å². The summed E-state index contributed by atoms with van der Waals surface area (Å²) in [5, 5.41) is 10.5. The minimum Gasteiger partial charge on any atom is -0.444 e. The van der Waals surface area contributed by atoms with Gasteiger partial charge in [-0.2, -0.15) is 0 Å². The summed E-state index contributed by atoms with van der Waals surface area (Å²) in [5.41, 5.74) is -0.457. The fourth-order valence-electron chi connectivity index (χ4n) is 3.72. The van der Waals surface area contributed by atoms with Crippen LogP contribution in [0.25, 0.3) is 0 Å². The van der Waals surface area contributed by atoms with Gasteiger partial charge in [-0.05, 0) is 52.9 Å². The molecular weight excluding hydrogens is 266 g/mol. The number of amides is 1. The standard InChI is InChI=1S/C17H31NO3/c1-17(2,3)21-16(20)18-12-8-7-10-14(18)13-9-5-4-6-11-15(13)19/h13-15,19H,4-12H2,1-3H3. The second-order valence-corrected chi connectivity index (χ2v) is 7.61. The van der Waals surface area contributed by atoms with Crippen molar-refractivity contribution in [3.63, 3.8) is 0 Å². The third-order valence-corrected chi connectivity index (χ3v) is 4.70. The van der Waals surface area contributed by atoms with Crippen LogP contribution >= 0.6 is 0 Å². The molecule has 4 nitrogen and oxygen atoms in total. The minimum absolute atomic E-state index is 0.154. The third-order valence-electron chi connectivity index (χ3n) is 4.70. The molecule has 1 saturated heterocycles. The second kappa shape index (κ2) is 6.99. The number of piperidine rings is 1. The molecule has 3 atom stereocenters. The number of likely N-dealkylation sites (tertiary alicyclic amines) is 1. The van der Waals surface area contributed by atoms with Crippen LogP contribution in [0.3, 0.4) is 0 Å². The summed E-state index contributed by atoms with van der Waals surface area (Å²) < 4.78 is 5.57. The molecule has 21 heavy (non-hydrogen) atoms. The molecule has 0 bridgehead atoms. The van der Waals surface area contributed by atoms with E-state index in [2.05, 4.69) is 0 Å². The van der Waals surface area contributed by atoms with Crippen LogP contribution in [-0.4, -0.2) is 40.4 Å². The maximum atomic E-state index is 12.5. The highest BCUT2D eigenvalue weighted by atomic mass is 16.6. The van der Waals surface area contributed by atoms with Crippen molar-refractivity contribution in [1.82, 2.24) is 4.90 Å². The maximum absolute atomic E-state index is 12.5. The van der Waals surface area contributed by atoms with Gasteiger partial charge in [0.25, 0.3) is 0 Å². The Labute approximate surface area is 128 Å². The summed E-state index contributed by atoms with van der Waals surface area (Å²) >= 11 is 0. The van der Waals surface area contributed by atoms with Crippen LogP contribution in [0.5, 0.6) is 0 Å². The summed E-state index contributed by atoms with van der Waals surface area (Å²) in [6.07, 6.45) is 8.11. The quantitative estimate of drug-likeness (QED) is 0.750. The molecule has 0 spiro atoms. The van der Waals surface area contributed by atoms with Crippen LogP contribution in [0.4, 0.5) is 4.79 Å². The van der Waals surface area contributed by atoms with E-state index in [9.17, 15) is 9.90 Å². The van der Waals surface area contributed by atoms with Crippen LogP contribution in [0.15, 0.2) is 0 Å². The largest absolute Gasteiger partial charge is 0.444 e. The molecule has 1 N–H and O–H groups in total. The lowest BCUT2D eigenvalue weighted by Gasteiger charge is -2.42. The van der Waals surface area contributed by atoms with Gasteiger partial charge in [0.15, 0.2) is 0 Å². The number of carbonyl (C=O) groups excluding carboxylic acids is 1. The van der Waals surface area contributed by atoms with Crippen molar-refractivity contribution in [3.8, 4) is 0 Å². The minimum atomic E-state index is -0.457. The van der Waals surface area contributed by atoms with Crippen molar-refractivity contribution >= 4 is 6.09 Å². The van der Waals surface area contributed by atoms with E-state index in [4.69, 9.17) is 4.74 Å². The van der Waals surface area contributed by atoms with E-state index in [1.807, 2.05) is 25.7 Å². The molecule has 2 rings (SSSR count). The molecule has 2 aliphatic rings. The first-order chi connectivity index (χ1) is 9.88. The van der Waals surface area contributed by atoms with Crippen molar-refractivity contribution in [3.05, 3.63) is 0 Å². The van der Waals surface area contributed by atoms with E-state index < -0.39 is 5.60 Å². The van der Waals surface area contributed by atoms with Crippen LogP contribution in [0, 0.1) is 5.92 Å². The van der Waals surface area contributed by atoms with Crippen LogP contribution in [0.1, 0.15) is 72.1 Å². The molecule has 1 aliphatic carbocycles. The molecule has 2 fully saturated rings. The van der Waals surface area contributed by atoms with Gasteiger partial charge in [0.2, 0.25) is 0 Å². The number of hydrogen-bond donors (Lipinski definition) is 1. The molecule has 122 valence electrons. The van der Waals surface area contributed by atoms with E-state index in [1.54, 1.807) is 0 Å². The lowest BCUT2D eigenvalue weighted by molar-refractivity contribution is -0.0179. The van der Waals surface area contributed by atoms with Gasteiger partial charge >= 0.3 is 6.09 Å². The third kappa shape index (κ3) is 4.60. The zero-order valence-electron chi connectivity index (χ0n) is 13.8. The number of aliphatic hydroxyl groups is 1. The Morgan fingerprint density at radius 2 is 1.71 bits per heavy atom. The number of carbonyl (C=O) groups is 1. The molecule has 0 aromatic heterocycles. The molecule has 0 aromatic rings. The summed E-state index contributed by atoms with van der Waals surface area (Å²) in [6, 6.07) is 0.154. The van der Waals surface area contributed by atoms with E-state index in [1.165, 1.54) is 12.8 Å². The van der Waals surface area contributed by atoms with Crippen molar-refractivity contribution in [2.75, 3.05) is 6.54 Å². The first kappa shape index (κ1) is 16.6. The number of rotatable bonds is 1. The Bertz CT molecular complexity index is 350. The smallest absolute Gasteiger partial charge is 0.410 e. The van der Waals surface area contributed by atoms with Gasteiger partial charge < -0.3 is 14.7 Å². The SMILES string of the molecule is CC(C)(C)OC(=O)N1CCCCC1C1CCCCCC1O. The Morgan fingerprint density at radius 1 is 1.05 bits per heavy atom. The van der Waals surface area contributed by atoms with Crippen molar-refractivity contribution in [2.45, 2.75) is 89.9 Å². The van der Waals surface area contributed by atoms with Gasteiger partial charge in [-0.1, -0.05) is 19.3 Å². The number of aliphatic hydroxyl groups excluding tert-OH is 1. The number of nitrogens with zero attached hydrogens (tertiary/aromatic N) is 1. The van der Waals surface area contributed by atoms with Crippen LogP contribution in [-0.2, 0) is 4.74 Å². The highest BCUT2D eigenvalue weighted by Gasteiger charge is 2.38. The molecule has 1 aliphatic heterocycles. The fraction of sp³-hybridized carbons (Fsp3) is 0.941. The zero-order valence-corrected chi connectivity index (χ0v) is 13.8. The first-order valence-corrected chi connectivity index (χ1v) is 8.56. The zero-order chi connectivity index (χ0) is 15.5. The molecule has 3 unspecified atom stereocenters. The van der Waals surface area contributed by atoms with E-state index in [-0.39, 0.29) is 24.2 Å². The van der Waals surface area contributed by atoms with Gasteiger partial charge in [0.05, 0.1) is 6.10 Å². The molecular formula is C17H31NO3. The second-order valence-electron chi connectivity index (χ2n) is 7.61. The van der Waals surface area contributed by atoms with Crippen molar-refractivity contribution in [1.29, 1.82) is 0 Å². The van der Waals surface area contributed by atoms with Gasteiger partial charge in [0, 0.05) is 18.5 Å². The average Bonchev–Trinajstić information content (AvgIpc) is 2.61. The Kier molecular flexibility index (Phi) is 5.53. The molecule has 0 radical (unpaired) electrons. The fourth-order valence-corrected chi connectivity index (χ4v) is 3.72. The summed E-state index contributed by atoms with van der Waals surface area (Å²) in [7, 11) is 0. The monoisotopic (exact) mass is 297 g/mol. The van der Waals surface area contributed by atoms with Gasteiger partial charge in [-0.3, -0.25) is 0 Å². The first-order valence-electron chi connectivity index (χ1n) is 8.56. The summed E-state index contributed by atoms with van der Waals surface area (Å²) in [5.74, 6) is 0.223. The molecule has 1 saturated carbocycles. The van der Waals surface area contributed by atoms with Gasteiger partial charge in [-0.15, -0.1) is 0 Å². The van der Waals surface area contributed by atoms with Crippen molar-refractivity contribution in [2.24, 2.45) is 5.92 Å². The van der Waals surface area contributed by atoms with Gasteiger partial charge in [-0.25, -0.2) is 4.79 Å². The molecule has 0 aromatic carbocycles. The topological polar surface area (TPSA) is 49.8 Å². The Balaban J connectivity index is 2.08. The Hall–Kier alpha value is -0.770. The average molecular weight is 297 g/mol. The normalized spacial score (nSPS) is 31.6. The lowest BCUT2D eigenvalue weighted by Crippen LogP contribution is -2.51. The highest BCUT2D eigenvalue weighted by molar-refractivity contribution is 5.68. The number of ether oxygens (including phenoxy) is 1. The predicted molar refractivity (Wildman–Crippen MR) is 83.2 cm³/mol. The molecule has 4 heteroatoms.